The highest BCUT2D eigenvalue weighted by atomic mass is 79.9. The second kappa shape index (κ2) is 10.6. The third-order valence-corrected chi connectivity index (χ3v) is 4.60. The first-order valence-corrected chi connectivity index (χ1v) is 9.62. The average molecular weight is 447 g/mol. The maximum absolute atomic E-state index is 12.8. The number of hydrogen-bond donors (Lipinski definition) is 2. The Balaban J connectivity index is 2.15. The smallest absolute Gasteiger partial charge is 0.328 e. The van der Waals surface area contributed by atoms with Crippen LogP contribution in [0.15, 0.2) is 59.1 Å². The Labute approximate surface area is 172 Å². The number of hydrogen-bond acceptors (Lipinski definition) is 4. The van der Waals surface area contributed by atoms with Crippen LogP contribution in [0.3, 0.4) is 0 Å². The molecule has 2 amide bonds. The molecule has 0 aliphatic carbocycles. The Morgan fingerprint density at radius 1 is 0.929 bits per heavy atom. The molecule has 148 valence electrons. The number of rotatable bonds is 8. The fourth-order valence-electron chi connectivity index (χ4n) is 2.81. The lowest BCUT2D eigenvalue weighted by atomic mass is 10.0. The highest BCUT2D eigenvalue weighted by molar-refractivity contribution is 9.10. The molecule has 2 N–H and O–H groups in total. The van der Waals surface area contributed by atoms with E-state index in [0.717, 1.165) is 15.6 Å². The summed E-state index contributed by atoms with van der Waals surface area (Å²) in [5, 5.41) is 5.37. The van der Waals surface area contributed by atoms with Gasteiger partial charge in [-0.15, -0.1) is 0 Å². The summed E-state index contributed by atoms with van der Waals surface area (Å²) < 4.78 is 5.72. The molecule has 28 heavy (non-hydrogen) atoms. The van der Waals surface area contributed by atoms with Crippen LogP contribution < -0.4 is 10.6 Å². The fraction of sp³-hybridized carbons (Fsp3) is 0.286. The topological polar surface area (TPSA) is 84.5 Å². The quantitative estimate of drug-likeness (QED) is 0.609. The van der Waals surface area contributed by atoms with Crippen LogP contribution in [0.1, 0.15) is 18.1 Å². The molecular formula is C21H23BrN2O4. The Morgan fingerprint density at radius 3 is 2.18 bits per heavy atom. The van der Waals surface area contributed by atoms with Gasteiger partial charge < -0.3 is 15.4 Å². The summed E-state index contributed by atoms with van der Waals surface area (Å²) in [6.07, 6.45) is 0.590. The predicted octanol–water partition coefficient (Wildman–Crippen LogP) is 2.40. The van der Waals surface area contributed by atoms with Crippen molar-refractivity contribution in [1.82, 2.24) is 10.6 Å². The zero-order chi connectivity index (χ0) is 20.5. The maximum atomic E-state index is 12.8. The van der Waals surface area contributed by atoms with Crippen LogP contribution in [0, 0.1) is 0 Å². The number of carbonyl (C=O) groups is 3. The number of halogens is 1. The van der Waals surface area contributed by atoms with Crippen molar-refractivity contribution in [1.29, 1.82) is 0 Å². The second-order valence-electron chi connectivity index (χ2n) is 6.36. The van der Waals surface area contributed by atoms with Gasteiger partial charge in [-0.05, 0) is 23.3 Å². The van der Waals surface area contributed by atoms with Gasteiger partial charge in [-0.1, -0.05) is 58.4 Å². The third kappa shape index (κ3) is 6.81. The summed E-state index contributed by atoms with van der Waals surface area (Å²) in [6.45, 7) is 1.35. The second-order valence-corrected chi connectivity index (χ2v) is 7.28. The highest BCUT2D eigenvalue weighted by Crippen LogP contribution is 2.14. The summed E-state index contributed by atoms with van der Waals surface area (Å²) in [4.78, 5) is 36.6. The van der Waals surface area contributed by atoms with Crippen LogP contribution in [-0.2, 0) is 32.0 Å². The Hall–Kier alpha value is -2.67. The van der Waals surface area contributed by atoms with Crippen LogP contribution in [0.25, 0.3) is 0 Å². The minimum Gasteiger partial charge on any atom is -0.467 e. The normalized spacial score (nSPS) is 12.5. The van der Waals surface area contributed by atoms with Gasteiger partial charge in [0.15, 0.2) is 0 Å². The average Bonchev–Trinajstić information content (AvgIpc) is 2.66. The zero-order valence-electron chi connectivity index (χ0n) is 15.8. The van der Waals surface area contributed by atoms with E-state index in [-0.39, 0.29) is 12.3 Å². The van der Waals surface area contributed by atoms with Crippen LogP contribution in [-0.4, -0.2) is 37.0 Å². The van der Waals surface area contributed by atoms with E-state index in [9.17, 15) is 14.4 Å². The summed E-state index contributed by atoms with van der Waals surface area (Å²) >= 11 is 3.39. The van der Waals surface area contributed by atoms with Gasteiger partial charge in [0, 0.05) is 24.2 Å². The largest absolute Gasteiger partial charge is 0.467 e. The van der Waals surface area contributed by atoms with Crippen LogP contribution >= 0.6 is 15.9 Å². The van der Waals surface area contributed by atoms with E-state index >= 15 is 0 Å². The number of ether oxygens (including phenoxy) is 1. The molecular weight excluding hydrogens is 424 g/mol. The van der Waals surface area contributed by atoms with Crippen LogP contribution in [0.2, 0.25) is 0 Å². The van der Waals surface area contributed by atoms with Gasteiger partial charge in [-0.2, -0.15) is 0 Å². The molecule has 7 heteroatoms. The van der Waals surface area contributed by atoms with Gasteiger partial charge in [0.05, 0.1) is 7.11 Å². The lowest BCUT2D eigenvalue weighted by Crippen LogP contribution is -2.53. The van der Waals surface area contributed by atoms with Crippen LogP contribution in [0.5, 0.6) is 0 Å². The molecule has 0 fully saturated rings. The fourth-order valence-corrected chi connectivity index (χ4v) is 3.26. The third-order valence-electron chi connectivity index (χ3n) is 4.11. The number of nitrogens with one attached hydrogen (secondary N) is 2. The number of carbonyl (C=O) groups excluding carboxylic acids is 3. The molecule has 2 aromatic carbocycles. The van der Waals surface area contributed by atoms with Crippen molar-refractivity contribution in [2.45, 2.75) is 31.8 Å². The Kier molecular flexibility index (Phi) is 8.19. The summed E-state index contributed by atoms with van der Waals surface area (Å²) in [5.74, 6) is -1.31. The molecule has 2 atom stereocenters. The molecule has 6 nitrogen and oxygen atoms in total. The summed E-state index contributed by atoms with van der Waals surface area (Å²) in [7, 11) is 1.28. The number of esters is 1. The van der Waals surface area contributed by atoms with E-state index in [1.54, 1.807) is 0 Å². The van der Waals surface area contributed by atoms with E-state index in [4.69, 9.17) is 4.74 Å². The van der Waals surface area contributed by atoms with Gasteiger partial charge in [-0.3, -0.25) is 9.59 Å². The Bertz CT molecular complexity index is 826. The van der Waals surface area contributed by atoms with E-state index in [1.807, 2.05) is 54.6 Å². The van der Waals surface area contributed by atoms with Gasteiger partial charge in [0.25, 0.3) is 0 Å². The number of methoxy groups -OCH3 is 1. The Morgan fingerprint density at radius 2 is 1.57 bits per heavy atom. The monoisotopic (exact) mass is 446 g/mol. The van der Waals surface area contributed by atoms with Crippen molar-refractivity contribution in [3.63, 3.8) is 0 Å². The molecule has 0 aliphatic heterocycles. The first-order chi connectivity index (χ1) is 13.4. The van der Waals surface area contributed by atoms with E-state index < -0.39 is 24.0 Å². The first kappa shape index (κ1) is 21.6. The molecule has 0 aromatic heterocycles. The molecule has 2 rings (SSSR count). The van der Waals surface area contributed by atoms with E-state index in [1.165, 1.54) is 14.0 Å². The van der Waals surface area contributed by atoms with Crippen molar-refractivity contribution in [3.8, 4) is 0 Å². The van der Waals surface area contributed by atoms with Gasteiger partial charge in [0.1, 0.15) is 12.1 Å². The van der Waals surface area contributed by atoms with Crippen LogP contribution in [0.4, 0.5) is 0 Å². The molecule has 0 bridgehead atoms. The minimum absolute atomic E-state index is 0.274. The van der Waals surface area contributed by atoms with Crippen molar-refractivity contribution in [2.75, 3.05) is 7.11 Å². The number of amides is 2. The standard InChI is InChI=1S/C21H23BrN2O4/c1-14(25)23-18(12-15-7-4-3-5-8-15)20(26)24-19(21(27)28-2)13-16-9-6-10-17(22)11-16/h3-11,18-19H,12-13H2,1-2H3,(H,23,25)(H,24,26)/t18-,19-/m0/s1. The lowest BCUT2D eigenvalue weighted by Gasteiger charge is -2.22. The van der Waals surface area contributed by atoms with Gasteiger partial charge in [0.2, 0.25) is 11.8 Å². The lowest BCUT2D eigenvalue weighted by molar-refractivity contribution is -0.145. The maximum Gasteiger partial charge on any atom is 0.328 e. The van der Waals surface area contributed by atoms with E-state index in [2.05, 4.69) is 26.6 Å². The summed E-state index contributed by atoms with van der Waals surface area (Å²) in [5.41, 5.74) is 1.77. The van der Waals surface area contributed by atoms with Crippen molar-refractivity contribution < 1.29 is 19.1 Å². The molecule has 0 spiro atoms. The SMILES string of the molecule is COC(=O)[C@H](Cc1cccc(Br)c1)NC(=O)[C@H](Cc1ccccc1)NC(C)=O. The first-order valence-electron chi connectivity index (χ1n) is 8.82. The predicted molar refractivity (Wildman–Crippen MR) is 110 cm³/mol. The zero-order valence-corrected chi connectivity index (χ0v) is 17.4. The molecule has 2 aromatic rings. The van der Waals surface area contributed by atoms with Crippen molar-refractivity contribution in [3.05, 3.63) is 70.2 Å². The van der Waals surface area contributed by atoms with Crippen molar-refractivity contribution >= 4 is 33.7 Å². The molecule has 0 unspecified atom stereocenters. The molecule has 0 saturated heterocycles. The molecule has 0 aliphatic rings. The number of benzene rings is 2. The highest BCUT2D eigenvalue weighted by Gasteiger charge is 2.27. The molecule has 0 saturated carbocycles. The molecule has 0 heterocycles. The van der Waals surface area contributed by atoms with Gasteiger partial charge >= 0.3 is 5.97 Å². The molecule has 0 radical (unpaired) electrons. The summed E-state index contributed by atoms with van der Waals surface area (Å²) in [6, 6.07) is 15.2. The van der Waals surface area contributed by atoms with Gasteiger partial charge in [-0.25, -0.2) is 4.79 Å². The van der Waals surface area contributed by atoms with Crippen molar-refractivity contribution in [2.24, 2.45) is 0 Å². The minimum atomic E-state index is -0.862. The van der Waals surface area contributed by atoms with E-state index in [0.29, 0.717) is 6.42 Å².